The number of hydrogen-bond donors (Lipinski definition) is 6. The van der Waals surface area contributed by atoms with E-state index in [4.69, 9.17) is 38.5 Å². The Hall–Kier alpha value is 0.0727. The Morgan fingerprint density at radius 3 is 1.16 bits per heavy atom. The van der Waals surface area contributed by atoms with Crippen LogP contribution >= 0.6 is 22.6 Å². The van der Waals surface area contributed by atoms with Crippen LogP contribution in [-0.2, 0) is 57.3 Å². The van der Waals surface area contributed by atoms with Crippen LogP contribution in [0.3, 0.4) is 0 Å². The van der Waals surface area contributed by atoms with Crippen molar-refractivity contribution in [2.75, 3.05) is 91.5 Å². The summed E-state index contributed by atoms with van der Waals surface area (Å²) >= 11 is 2.29. The van der Waals surface area contributed by atoms with E-state index in [1.54, 1.807) is 64.0 Å². The summed E-state index contributed by atoms with van der Waals surface area (Å²) in [7, 11) is 7.19. The fourth-order valence-electron chi connectivity index (χ4n) is 17.3. The number of ether oxygens (including phenoxy) is 6. The molecule has 646 valence electrons. The van der Waals surface area contributed by atoms with Crippen LogP contribution in [0.1, 0.15) is 233 Å². The number of likely N-dealkylation sites (tertiary alicyclic amines) is 3. The Labute approximate surface area is 781 Å². The number of carbonyl (C=O) groups is 5. The van der Waals surface area contributed by atoms with Crippen LogP contribution in [0.2, 0.25) is 0 Å². The van der Waals surface area contributed by atoms with Crippen molar-refractivity contribution in [3.63, 3.8) is 0 Å². The summed E-state index contributed by atoms with van der Waals surface area (Å²) < 4.78 is 38.5. The molecule has 8 rings (SSSR count). The number of likely N-dealkylation sites (N-methyl/N-ethyl adjacent to an activating group) is 2. The number of cyclic esters (lactones) is 2. The zero-order valence-electron chi connectivity index (χ0n) is 71.8. The number of esters is 2. The number of carbonyl (C=O) groups excluding carboxylic acids is 5. The van der Waals surface area contributed by atoms with Gasteiger partial charge in [-0.15, -0.1) is 0 Å². The third kappa shape index (κ3) is 38.0. The number of aliphatic hydroxyl groups is 6. The standard InChI is InChI=1S/C41H71N3O8.C36H61IN2O8.C6H12.CH2O3.2CH4.2K.H/c1-8-35-32(26-44-20-13-10-14-21-44)23-27(2)15-16-33(45)28(3)24-31(17-22-43-18-11-9-12-19-43)40(29(4)34(46)25-36(47)51-35)52-41-39(49)37(42(6)7)38(48)30(5)50-41;1-8-30-27(21-37)18-22(2)12-13-28(40)23(3)19-26(14-17-39-15-10-9-11-16-39)35(24(4)29(41)20-31(42)46-30)47-36-34(44)32(38(6)7)33(43)25(5)45-36;1-2-4-6-5-3-1;2-1-4-3;;;;;/h15-16,23,28-32,34-35,37-41,46,48-49H,8-14,17-22,24-26H2,1-7H3;12-13,18,23-27,29-30,32-36,41,43-44H,8-11,14-17,19-21H2,1-7H3;1-6H2;1,3H;2*1H4;;;/q;;;;;;2*+1;-1/p-1/b16-15+,27-23+;13-12+,22-18+;;;;;;;. The number of ketones is 2. The minimum Gasteiger partial charge on any atom is -1.00 e. The first kappa shape index (κ1) is 111. The summed E-state index contributed by atoms with van der Waals surface area (Å²) in [6, 6.07) is -1.26. The zero-order valence-corrected chi connectivity index (χ0v) is 79.2. The fraction of sp³-hybridized carbons (Fsp3) is 0.849. The van der Waals surface area contributed by atoms with Crippen molar-refractivity contribution in [1.29, 1.82) is 0 Å². The van der Waals surface area contributed by atoms with Gasteiger partial charge in [-0.05, 0) is 209 Å². The van der Waals surface area contributed by atoms with Gasteiger partial charge in [0.05, 0.1) is 73.8 Å². The molecular formula is C86H154IK2N5O19. The van der Waals surface area contributed by atoms with Gasteiger partial charge >= 0.3 is 115 Å². The molecule has 113 heavy (non-hydrogen) atoms. The topological polar surface area (TPSA) is 311 Å². The van der Waals surface area contributed by atoms with Crippen LogP contribution in [0.25, 0.3) is 0 Å². The number of alkyl halides is 1. The molecule has 0 amide bonds. The number of aliphatic hydroxyl groups excluding tert-OH is 6. The minimum absolute atomic E-state index is 0. The molecule has 7 heterocycles. The number of piperidine rings is 3. The number of hydrogen-bond acceptors (Lipinski definition) is 24. The maximum absolute atomic E-state index is 13.8. The van der Waals surface area contributed by atoms with Gasteiger partial charge in [0.2, 0.25) is 0 Å². The molecule has 8 aliphatic rings. The zero-order chi connectivity index (χ0) is 80.4. The molecule has 0 radical (unpaired) electrons. The number of rotatable bonds is 18. The minimum atomic E-state index is -1.17. The van der Waals surface area contributed by atoms with E-state index in [2.05, 4.69) is 54.3 Å². The summed E-state index contributed by atoms with van der Waals surface area (Å²) in [4.78, 5) is 76.4. The molecule has 24 atom stereocenters. The second-order valence-electron chi connectivity index (χ2n) is 33.3. The molecule has 24 nitrogen and oxygen atoms in total. The molecule has 6 N–H and O–H groups in total. The average Bonchev–Trinajstić information content (AvgIpc) is 0.796. The third-order valence-corrected chi connectivity index (χ3v) is 25.1. The van der Waals surface area contributed by atoms with Crippen LogP contribution < -0.4 is 108 Å². The van der Waals surface area contributed by atoms with Gasteiger partial charge < -0.3 is 95.1 Å². The van der Waals surface area contributed by atoms with Crippen molar-refractivity contribution < 1.29 is 197 Å². The molecule has 7 aliphatic heterocycles. The Morgan fingerprint density at radius 2 is 0.841 bits per heavy atom. The Balaban J connectivity index is 0.00000192. The molecule has 6 fully saturated rings. The van der Waals surface area contributed by atoms with Gasteiger partial charge in [0.15, 0.2) is 24.1 Å². The third-order valence-electron chi connectivity index (χ3n) is 24.1. The molecule has 24 unspecified atom stereocenters. The first-order chi connectivity index (χ1) is 52.0. The van der Waals surface area contributed by atoms with Gasteiger partial charge in [-0.2, -0.15) is 0 Å². The Morgan fingerprint density at radius 1 is 0.522 bits per heavy atom. The van der Waals surface area contributed by atoms with E-state index in [9.17, 15) is 49.8 Å². The van der Waals surface area contributed by atoms with E-state index >= 15 is 0 Å². The summed E-state index contributed by atoms with van der Waals surface area (Å²) in [6.45, 7) is 27.4. The van der Waals surface area contributed by atoms with E-state index < -0.39 is 109 Å². The van der Waals surface area contributed by atoms with E-state index in [1.807, 2.05) is 67.5 Å². The van der Waals surface area contributed by atoms with Crippen molar-refractivity contribution >= 4 is 52.6 Å². The largest absolute Gasteiger partial charge is 1.00 e. The van der Waals surface area contributed by atoms with Crippen molar-refractivity contribution in [1.82, 2.24) is 24.5 Å². The van der Waals surface area contributed by atoms with E-state index in [0.29, 0.717) is 38.5 Å². The van der Waals surface area contributed by atoms with Gasteiger partial charge in [0, 0.05) is 46.5 Å². The predicted octanol–water partition coefficient (Wildman–Crippen LogP) is 4.48. The second kappa shape index (κ2) is 59.8. The summed E-state index contributed by atoms with van der Waals surface area (Å²) in [5.74, 6) is -3.14. The summed E-state index contributed by atoms with van der Waals surface area (Å²) in [5.41, 5.74) is 1.89. The molecule has 1 aliphatic carbocycles. The van der Waals surface area contributed by atoms with Crippen LogP contribution in [-0.4, -0.2) is 275 Å². The maximum Gasteiger partial charge on any atom is 1.00 e. The van der Waals surface area contributed by atoms with E-state index in [-0.39, 0.29) is 198 Å². The van der Waals surface area contributed by atoms with Crippen LogP contribution in [0.5, 0.6) is 0 Å². The Bertz CT molecular complexity index is 2750. The summed E-state index contributed by atoms with van der Waals surface area (Å²) in [6.07, 6.45) is 22.3. The monoisotopic (exact) mass is 1770 g/mol. The summed E-state index contributed by atoms with van der Waals surface area (Å²) in [5, 5.41) is 76.5. The molecule has 0 aromatic rings. The molecule has 0 spiro atoms. The molecule has 27 heteroatoms. The molecule has 0 aromatic carbocycles. The number of allylic oxidation sites excluding steroid dienone is 6. The first-order valence-corrected chi connectivity index (χ1v) is 43.2. The number of nitrogens with zero attached hydrogens (tertiary/aromatic N) is 5. The van der Waals surface area contributed by atoms with Crippen molar-refractivity contribution in [3.05, 3.63) is 47.6 Å². The smallest absolute Gasteiger partial charge is 1.00 e. The van der Waals surface area contributed by atoms with Gasteiger partial charge in [0.1, 0.15) is 24.4 Å². The average molecular weight is 1770 g/mol. The van der Waals surface area contributed by atoms with E-state index in [1.165, 1.54) is 57.8 Å². The van der Waals surface area contributed by atoms with Gasteiger partial charge in [-0.3, -0.25) is 24.0 Å². The fourth-order valence-corrected chi connectivity index (χ4v) is 18.1. The molecule has 1 saturated carbocycles. The number of halogens is 1. The van der Waals surface area contributed by atoms with Crippen LogP contribution in [0, 0.1) is 47.3 Å². The Kier molecular flexibility index (Phi) is 58.8. The van der Waals surface area contributed by atoms with Crippen LogP contribution in [0.15, 0.2) is 47.6 Å². The van der Waals surface area contributed by atoms with Crippen LogP contribution in [0.4, 0.5) is 0 Å². The second-order valence-corrected chi connectivity index (χ2v) is 34.1. The quantitative estimate of drug-likeness (QED) is 0.0210. The molecule has 5 saturated heterocycles. The van der Waals surface area contributed by atoms with Crippen molar-refractivity contribution in [2.45, 2.75) is 330 Å². The van der Waals surface area contributed by atoms with Gasteiger partial charge in [0.25, 0.3) is 6.47 Å². The maximum atomic E-state index is 13.8. The molecule has 0 bridgehead atoms. The predicted molar refractivity (Wildman–Crippen MR) is 443 cm³/mol. The van der Waals surface area contributed by atoms with Crippen molar-refractivity contribution in [3.8, 4) is 0 Å². The normalized spacial score (nSPS) is 37.0. The van der Waals surface area contributed by atoms with Gasteiger partial charge in [-0.25, -0.2) is 0 Å². The SMILES string of the molecule is C.C.C1CCCCC1.CCC1OC(=O)CC(O)C(C)C(OC2OC(C)C(O)C(N(C)C)C2O)C(CCN2CCCCC2)CC(C)C(=O)/C=C/C(C)=C/C1CI.CCC1OC(=O)CC(O)C(C)C(OC2OC(C)C(O)C(N(C)C)C2O)C(CCN2CCCCC2)CC(C)C(=O)/C=C/C(C)=C/C1CN1CCCCC1.O=CO[O-].[H-].[K+].[K+]. The van der Waals surface area contributed by atoms with E-state index in [0.717, 1.165) is 113 Å². The first-order valence-electron chi connectivity index (χ1n) is 41.6. The molecular weight excluding hydrogens is 1610 g/mol. The van der Waals surface area contributed by atoms with Gasteiger partial charge in [-0.1, -0.05) is 172 Å². The molecule has 0 aromatic heterocycles. The van der Waals surface area contributed by atoms with Crippen molar-refractivity contribution in [2.24, 2.45) is 47.3 Å².